The Morgan fingerprint density at radius 2 is 1.92 bits per heavy atom. The highest BCUT2D eigenvalue weighted by atomic mass is 16.6. The lowest BCUT2D eigenvalue weighted by atomic mass is 10.2. The summed E-state index contributed by atoms with van der Waals surface area (Å²) in [5.41, 5.74) is 1.79. The normalized spacial score (nSPS) is 10.6. The molecule has 2 aromatic rings. The van der Waals surface area contributed by atoms with Crippen molar-refractivity contribution < 1.29 is 14.5 Å². The molecule has 0 bridgehead atoms. The van der Waals surface area contributed by atoms with E-state index in [1.54, 1.807) is 20.9 Å². The van der Waals surface area contributed by atoms with Gasteiger partial charge >= 0.3 is 5.69 Å². The molecule has 1 aromatic carbocycles. The summed E-state index contributed by atoms with van der Waals surface area (Å²) >= 11 is 0. The number of aromatic nitrogens is 2. The minimum absolute atomic E-state index is 0.0401. The third kappa shape index (κ3) is 4.56. The number of nitrogens with zero attached hydrogens (tertiary/aromatic N) is 4. The Hall–Kier alpha value is -2.90. The van der Waals surface area contributed by atoms with Crippen molar-refractivity contribution in [3.63, 3.8) is 0 Å². The predicted molar refractivity (Wildman–Crippen MR) is 92.7 cm³/mol. The molecule has 8 heteroatoms. The minimum Gasteiger partial charge on any atom is -0.492 e. The van der Waals surface area contributed by atoms with Crippen LogP contribution in [0.3, 0.4) is 0 Å². The summed E-state index contributed by atoms with van der Waals surface area (Å²) in [5.74, 6) is 0.564. The number of ether oxygens (including phenoxy) is 1. The van der Waals surface area contributed by atoms with Crippen LogP contribution in [0, 0.1) is 30.9 Å². The van der Waals surface area contributed by atoms with Crippen molar-refractivity contribution in [2.45, 2.75) is 27.3 Å². The molecule has 0 spiro atoms. The molecule has 2 rings (SSSR count). The van der Waals surface area contributed by atoms with Crippen LogP contribution in [-0.2, 0) is 11.3 Å². The van der Waals surface area contributed by atoms with Gasteiger partial charge in [0.1, 0.15) is 30.3 Å². The van der Waals surface area contributed by atoms with Crippen LogP contribution in [0.5, 0.6) is 5.75 Å². The van der Waals surface area contributed by atoms with Crippen LogP contribution in [0.15, 0.2) is 24.3 Å². The molecule has 0 saturated carbocycles. The monoisotopic (exact) mass is 346 g/mol. The van der Waals surface area contributed by atoms with E-state index in [4.69, 9.17) is 4.74 Å². The zero-order valence-electron chi connectivity index (χ0n) is 14.9. The molecule has 0 fully saturated rings. The van der Waals surface area contributed by atoms with E-state index < -0.39 is 4.92 Å². The van der Waals surface area contributed by atoms with E-state index in [-0.39, 0.29) is 18.1 Å². The van der Waals surface area contributed by atoms with Crippen LogP contribution in [0.25, 0.3) is 0 Å². The number of hydrogen-bond acceptors (Lipinski definition) is 5. The van der Waals surface area contributed by atoms with E-state index in [0.29, 0.717) is 24.5 Å². The first-order chi connectivity index (χ1) is 11.8. The summed E-state index contributed by atoms with van der Waals surface area (Å²) in [6, 6.07) is 7.68. The summed E-state index contributed by atoms with van der Waals surface area (Å²) in [7, 11) is 1.67. The predicted octanol–water partition coefficient (Wildman–Crippen LogP) is 2.25. The number of likely N-dealkylation sites (N-methyl/N-ethyl adjacent to an activating group) is 1. The number of amides is 1. The zero-order valence-corrected chi connectivity index (χ0v) is 14.9. The number of benzene rings is 1. The SMILES string of the molecule is Cc1ccc(OCCN(C)C(=O)Cn2nc(C)c([N+](=O)[O-])c2C)cc1. The van der Waals surface area contributed by atoms with Gasteiger partial charge in [-0.1, -0.05) is 17.7 Å². The van der Waals surface area contributed by atoms with Crippen LogP contribution in [0.1, 0.15) is 17.0 Å². The first-order valence-electron chi connectivity index (χ1n) is 7.91. The van der Waals surface area contributed by atoms with Gasteiger partial charge in [-0.3, -0.25) is 19.6 Å². The first kappa shape index (κ1) is 18.4. The summed E-state index contributed by atoms with van der Waals surface area (Å²) in [4.78, 5) is 24.3. The van der Waals surface area contributed by atoms with Crippen molar-refractivity contribution >= 4 is 11.6 Å². The van der Waals surface area contributed by atoms with Crippen molar-refractivity contribution in [2.75, 3.05) is 20.2 Å². The molecule has 1 amide bonds. The maximum Gasteiger partial charge on any atom is 0.312 e. The highest BCUT2D eigenvalue weighted by Gasteiger charge is 2.23. The first-order valence-corrected chi connectivity index (χ1v) is 7.91. The average molecular weight is 346 g/mol. The van der Waals surface area contributed by atoms with E-state index >= 15 is 0 Å². The average Bonchev–Trinajstić information content (AvgIpc) is 2.83. The standard InChI is InChI=1S/C17H22N4O4/c1-12-5-7-15(8-6-12)25-10-9-19(4)16(22)11-20-14(3)17(21(23)24)13(2)18-20/h5-8H,9-11H2,1-4H3. The summed E-state index contributed by atoms with van der Waals surface area (Å²) < 4.78 is 6.97. The molecular weight excluding hydrogens is 324 g/mol. The van der Waals surface area contributed by atoms with Crippen molar-refractivity contribution in [2.24, 2.45) is 0 Å². The summed E-state index contributed by atoms with van der Waals surface area (Å²) in [5, 5.41) is 15.1. The number of nitro groups is 1. The van der Waals surface area contributed by atoms with Crippen LogP contribution in [0.2, 0.25) is 0 Å². The van der Waals surface area contributed by atoms with Gasteiger partial charge < -0.3 is 9.64 Å². The molecule has 1 aromatic heterocycles. The zero-order chi connectivity index (χ0) is 18.6. The van der Waals surface area contributed by atoms with E-state index in [1.807, 2.05) is 31.2 Å². The Balaban J connectivity index is 1.89. The van der Waals surface area contributed by atoms with E-state index in [1.165, 1.54) is 9.58 Å². The molecule has 0 unspecified atom stereocenters. The number of aryl methyl sites for hydroxylation is 2. The lowest BCUT2D eigenvalue weighted by molar-refractivity contribution is -0.386. The van der Waals surface area contributed by atoms with Crippen molar-refractivity contribution in [3.8, 4) is 5.75 Å². The Kier molecular flexibility index (Phi) is 5.74. The van der Waals surface area contributed by atoms with Crippen molar-refractivity contribution in [1.82, 2.24) is 14.7 Å². The van der Waals surface area contributed by atoms with Gasteiger partial charge in [0.25, 0.3) is 0 Å². The van der Waals surface area contributed by atoms with Gasteiger partial charge in [0.05, 0.1) is 11.5 Å². The maximum absolute atomic E-state index is 12.3. The van der Waals surface area contributed by atoms with Gasteiger partial charge in [0.15, 0.2) is 0 Å². The van der Waals surface area contributed by atoms with E-state index in [9.17, 15) is 14.9 Å². The Morgan fingerprint density at radius 1 is 1.28 bits per heavy atom. The quantitative estimate of drug-likeness (QED) is 0.566. The van der Waals surface area contributed by atoms with Gasteiger partial charge in [-0.25, -0.2) is 0 Å². The molecule has 0 aliphatic rings. The fraction of sp³-hybridized carbons (Fsp3) is 0.412. The number of rotatable bonds is 7. The second-order valence-corrected chi connectivity index (χ2v) is 5.91. The Morgan fingerprint density at radius 3 is 2.48 bits per heavy atom. The molecule has 25 heavy (non-hydrogen) atoms. The second-order valence-electron chi connectivity index (χ2n) is 5.91. The molecule has 134 valence electrons. The molecule has 0 atom stereocenters. The molecule has 8 nitrogen and oxygen atoms in total. The Labute approximate surface area is 146 Å². The largest absolute Gasteiger partial charge is 0.492 e. The third-order valence-corrected chi connectivity index (χ3v) is 3.95. The van der Waals surface area contributed by atoms with Crippen LogP contribution in [-0.4, -0.2) is 45.7 Å². The lowest BCUT2D eigenvalue weighted by Gasteiger charge is -2.18. The number of hydrogen-bond donors (Lipinski definition) is 0. The van der Waals surface area contributed by atoms with Gasteiger partial charge in [-0.05, 0) is 32.9 Å². The molecule has 0 radical (unpaired) electrons. The lowest BCUT2D eigenvalue weighted by Crippen LogP contribution is -2.34. The van der Waals surface area contributed by atoms with Gasteiger partial charge in [0.2, 0.25) is 5.91 Å². The fourth-order valence-electron chi connectivity index (χ4n) is 2.41. The molecular formula is C17H22N4O4. The molecule has 0 aliphatic carbocycles. The number of carbonyl (C=O) groups excluding carboxylic acids is 1. The molecule has 0 aliphatic heterocycles. The summed E-state index contributed by atoms with van der Waals surface area (Å²) in [6.45, 7) is 5.88. The fourth-order valence-corrected chi connectivity index (χ4v) is 2.41. The topological polar surface area (TPSA) is 90.5 Å². The highest BCUT2D eigenvalue weighted by molar-refractivity contribution is 5.75. The van der Waals surface area contributed by atoms with Crippen molar-refractivity contribution in [1.29, 1.82) is 0 Å². The minimum atomic E-state index is -0.474. The smallest absolute Gasteiger partial charge is 0.312 e. The molecule has 0 N–H and O–H groups in total. The van der Waals surface area contributed by atoms with Crippen molar-refractivity contribution in [3.05, 3.63) is 51.3 Å². The van der Waals surface area contributed by atoms with Gasteiger partial charge in [0, 0.05) is 7.05 Å². The summed E-state index contributed by atoms with van der Waals surface area (Å²) in [6.07, 6.45) is 0. The second kappa shape index (κ2) is 7.78. The van der Waals surface area contributed by atoms with E-state index in [0.717, 1.165) is 11.3 Å². The third-order valence-electron chi connectivity index (χ3n) is 3.95. The maximum atomic E-state index is 12.3. The Bertz CT molecular complexity index is 768. The van der Waals surface area contributed by atoms with E-state index in [2.05, 4.69) is 5.10 Å². The molecule has 0 saturated heterocycles. The highest BCUT2D eigenvalue weighted by Crippen LogP contribution is 2.21. The van der Waals surface area contributed by atoms with Crippen LogP contribution in [0.4, 0.5) is 5.69 Å². The van der Waals surface area contributed by atoms with Crippen LogP contribution < -0.4 is 4.74 Å². The van der Waals surface area contributed by atoms with Gasteiger partial charge in [-0.2, -0.15) is 5.10 Å². The van der Waals surface area contributed by atoms with Crippen LogP contribution >= 0.6 is 0 Å². The number of carbonyl (C=O) groups is 1. The van der Waals surface area contributed by atoms with Gasteiger partial charge in [-0.15, -0.1) is 0 Å². The molecule has 1 heterocycles.